The highest BCUT2D eigenvalue weighted by atomic mass is 32.2. The van der Waals surface area contributed by atoms with Gasteiger partial charge in [0.1, 0.15) is 0 Å². The van der Waals surface area contributed by atoms with Crippen molar-refractivity contribution >= 4 is 10.2 Å². The summed E-state index contributed by atoms with van der Waals surface area (Å²) in [5.74, 6) is 0.306. The van der Waals surface area contributed by atoms with Crippen molar-refractivity contribution in [3.8, 4) is 0 Å². The maximum atomic E-state index is 12.0. The molecule has 1 aromatic rings. The third-order valence-corrected chi connectivity index (χ3v) is 5.32. The molecule has 1 N–H and O–H groups in total. The summed E-state index contributed by atoms with van der Waals surface area (Å²) in [5, 5.41) is 0. The molecule has 1 aromatic heterocycles. The summed E-state index contributed by atoms with van der Waals surface area (Å²) >= 11 is 0. The van der Waals surface area contributed by atoms with Crippen LogP contribution in [-0.4, -0.2) is 49.2 Å². The second-order valence-corrected chi connectivity index (χ2v) is 7.21. The van der Waals surface area contributed by atoms with E-state index in [1.165, 1.54) is 14.7 Å². The van der Waals surface area contributed by atoms with E-state index in [9.17, 15) is 13.2 Å². The number of nitrogens with one attached hydrogen (secondary N) is 1. The molecule has 0 amide bonds. The zero-order valence-corrected chi connectivity index (χ0v) is 12.0. The minimum absolute atomic E-state index is 0.119. The molecule has 1 saturated heterocycles. The van der Waals surface area contributed by atoms with Gasteiger partial charge in [-0.1, -0.05) is 6.07 Å². The Labute approximate surface area is 113 Å². The van der Waals surface area contributed by atoms with Crippen molar-refractivity contribution in [2.45, 2.75) is 12.8 Å². The number of H-pyrrole nitrogens is 1. The molecule has 1 aliphatic heterocycles. The molecular formula is C12H19N3O3S. The second kappa shape index (κ2) is 5.44. The fraction of sp³-hybridized carbons (Fsp3) is 0.583. The van der Waals surface area contributed by atoms with Crippen molar-refractivity contribution < 1.29 is 8.42 Å². The Morgan fingerprint density at radius 1 is 1.42 bits per heavy atom. The van der Waals surface area contributed by atoms with Crippen molar-refractivity contribution in [1.82, 2.24) is 13.6 Å². The van der Waals surface area contributed by atoms with Gasteiger partial charge in [0.25, 0.3) is 10.2 Å². The van der Waals surface area contributed by atoms with E-state index in [0.29, 0.717) is 19.0 Å². The van der Waals surface area contributed by atoms with Crippen LogP contribution >= 0.6 is 0 Å². The topological polar surface area (TPSA) is 73.5 Å². The van der Waals surface area contributed by atoms with Crippen molar-refractivity contribution in [1.29, 1.82) is 0 Å². The summed E-state index contributed by atoms with van der Waals surface area (Å²) in [5.41, 5.74) is 0.917. The molecule has 0 saturated carbocycles. The van der Waals surface area contributed by atoms with Gasteiger partial charge in [-0.15, -0.1) is 0 Å². The minimum Gasteiger partial charge on any atom is -0.329 e. The summed E-state index contributed by atoms with van der Waals surface area (Å²) in [6.45, 7) is 1.11. The zero-order chi connectivity index (χ0) is 14.0. The lowest BCUT2D eigenvalue weighted by atomic mass is 10.0. The van der Waals surface area contributed by atoms with Crippen LogP contribution < -0.4 is 5.56 Å². The van der Waals surface area contributed by atoms with Crippen LogP contribution in [0.2, 0.25) is 0 Å². The van der Waals surface area contributed by atoms with Gasteiger partial charge in [0.15, 0.2) is 0 Å². The molecule has 0 aromatic carbocycles. The number of hydrogen-bond acceptors (Lipinski definition) is 3. The number of nitrogens with zero attached hydrogens (tertiary/aromatic N) is 2. The first kappa shape index (κ1) is 14.2. The lowest BCUT2D eigenvalue weighted by Crippen LogP contribution is -2.38. The molecule has 0 spiro atoms. The SMILES string of the molecule is CN(C)S(=O)(=O)N1CC[C@@H](Cc2ccc(=O)[nH]c2)C1. The number of rotatable bonds is 4. The zero-order valence-electron chi connectivity index (χ0n) is 11.2. The summed E-state index contributed by atoms with van der Waals surface area (Å²) in [6.07, 6.45) is 3.34. The highest BCUT2D eigenvalue weighted by molar-refractivity contribution is 7.86. The van der Waals surface area contributed by atoms with Gasteiger partial charge in [-0.3, -0.25) is 4.79 Å². The molecule has 106 valence electrons. The van der Waals surface area contributed by atoms with Crippen molar-refractivity contribution in [2.24, 2.45) is 5.92 Å². The predicted molar refractivity (Wildman–Crippen MR) is 73.1 cm³/mol. The van der Waals surface area contributed by atoms with Gasteiger partial charge >= 0.3 is 0 Å². The maximum Gasteiger partial charge on any atom is 0.281 e. The van der Waals surface area contributed by atoms with E-state index in [2.05, 4.69) is 4.98 Å². The van der Waals surface area contributed by atoms with Crippen LogP contribution in [-0.2, 0) is 16.6 Å². The molecular weight excluding hydrogens is 266 g/mol. The summed E-state index contributed by atoms with van der Waals surface area (Å²) < 4.78 is 26.7. The van der Waals surface area contributed by atoms with Gasteiger partial charge in [0.2, 0.25) is 5.56 Å². The molecule has 1 atom stereocenters. The number of aromatic amines is 1. The van der Waals surface area contributed by atoms with Crippen LogP contribution in [0.3, 0.4) is 0 Å². The number of pyridine rings is 1. The normalized spacial score (nSPS) is 21.1. The lowest BCUT2D eigenvalue weighted by molar-refractivity contribution is 0.409. The molecule has 0 radical (unpaired) electrons. The van der Waals surface area contributed by atoms with Gasteiger partial charge in [-0.05, 0) is 24.3 Å². The Bertz CT molecular complexity index is 574. The summed E-state index contributed by atoms with van der Waals surface area (Å²) in [6, 6.07) is 3.29. The highest BCUT2D eigenvalue weighted by Crippen LogP contribution is 2.23. The molecule has 0 aliphatic carbocycles. The van der Waals surface area contributed by atoms with Crippen LogP contribution in [0.1, 0.15) is 12.0 Å². The van der Waals surface area contributed by atoms with E-state index in [0.717, 1.165) is 18.4 Å². The molecule has 0 bridgehead atoms. The van der Waals surface area contributed by atoms with E-state index in [1.54, 1.807) is 26.4 Å². The van der Waals surface area contributed by atoms with Crippen LogP contribution in [0.4, 0.5) is 0 Å². The summed E-state index contributed by atoms with van der Waals surface area (Å²) in [7, 11) is -0.207. The average molecular weight is 285 g/mol. The fourth-order valence-corrected chi connectivity index (χ4v) is 3.50. The fourth-order valence-electron chi connectivity index (χ4n) is 2.31. The van der Waals surface area contributed by atoms with E-state index in [-0.39, 0.29) is 5.56 Å². The van der Waals surface area contributed by atoms with Crippen molar-refractivity contribution in [3.05, 3.63) is 34.2 Å². The number of hydrogen-bond donors (Lipinski definition) is 1. The van der Waals surface area contributed by atoms with E-state index < -0.39 is 10.2 Å². The summed E-state index contributed by atoms with van der Waals surface area (Å²) in [4.78, 5) is 13.6. The van der Waals surface area contributed by atoms with E-state index >= 15 is 0 Å². The highest BCUT2D eigenvalue weighted by Gasteiger charge is 2.32. The molecule has 2 rings (SSSR count). The first-order valence-electron chi connectivity index (χ1n) is 6.25. The van der Waals surface area contributed by atoms with Crippen molar-refractivity contribution in [2.75, 3.05) is 27.2 Å². The van der Waals surface area contributed by atoms with E-state index in [4.69, 9.17) is 0 Å². The van der Waals surface area contributed by atoms with Crippen LogP contribution in [0.15, 0.2) is 23.1 Å². The molecule has 1 aliphatic rings. The third-order valence-electron chi connectivity index (χ3n) is 3.41. The maximum absolute atomic E-state index is 12.0. The molecule has 7 heteroatoms. The molecule has 19 heavy (non-hydrogen) atoms. The Balaban J connectivity index is 1.99. The first-order valence-corrected chi connectivity index (χ1v) is 7.64. The smallest absolute Gasteiger partial charge is 0.281 e. The largest absolute Gasteiger partial charge is 0.329 e. The molecule has 2 heterocycles. The quantitative estimate of drug-likeness (QED) is 0.849. The Morgan fingerprint density at radius 2 is 2.16 bits per heavy atom. The molecule has 0 unspecified atom stereocenters. The van der Waals surface area contributed by atoms with Gasteiger partial charge in [0.05, 0.1) is 0 Å². The monoisotopic (exact) mass is 285 g/mol. The lowest BCUT2D eigenvalue weighted by Gasteiger charge is -2.20. The predicted octanol–water partition coefficient (Wildman–Crippen LogP) is 0.0457. The first-order chi connectivity index (χ1) is 8.89. The van der Waals surface area contributed by atoms with Crippen LogP contribution in [0.25, 0.3) is 0 Å². The van der Waals surface area contributed by atoms with Crippen molar-refractivity contribution in [3.63, 3.8) is 0 Å². The Hall–Kier alpha value is -1.18. The second-order valence-electron chi connectivity index (χ2n) is 5.07. The van der Waals surface area contributed by atoms with Gasteiger partial charge < -0.3 is 4.98 Å². The van der Waals surface area contributed by atoms with Gasteiger partial charge in [-0.2, -0.15) is 17.0 Å². The standard InChI is InChI=1S/C12H19N3O3S/c1-14(2)19(17,18)15-6-5-11(9-15)7-10-3-4-12(16)13-8-10/h3-4,8,11H,5-7,9H2,1-2H3,(H,13,16)/t11-/m0/s1. The molecule has 6 nitrogen and oxygen atoms in total. The number of aromatic nitrogens is 1. The van der Waals surface area contributed by atoms with Gasteiger partial charge in [-0.25, -0.2) is 0 Å². The van der Waals surface area contributed by atoms with Gasteiger partial charge in [0, 0.05) is 39.4 Å². The third kappa shape index (κ3) is 3.23. The molecule has 1 fully saturated rings. The minimum atomic E-state index is -3.30. The van der Waals surface area contributed by atoms with Crippen LogP contribution in [0, 0.1) is 5.92 Å². The van der Waals surface area contributed by atoms with Crippen LogP contribution in [0.5, 0.6) is 0 Å². The Kier molecular flexibility index (Phi) is 4.07. The Morgan fingerprint density at radius 3 is 2.74 bits per heavy atom. The average Bonchev–Trinajstić information content (AvgIpc) is 2.81. The van der Waals surface area contributed by atoms with E-state index in [1.807, 2.05) is 0 Å².